The number of rotatable bonds is 4. The summed E-state index contributed by atoms with van der Waals surface area (Å²) in [5.74, 6) is 2.61. The summed E-state index contributed by atoms with van der Waals surface area (Å²) in [4.78, 5) is 2.23. The molecule has 3 heteroatoms. The van der Waals surface area contributed by atoms with E-state index in [2.05, 4.69) is 49.9 Å². The third kappa shape index (κ3) is 4.67. The molecule has 14 heavy (non-hydrogen) atoms. The van der Waals surface area contributed by atoms with E-state index in [1.165, 1.54) is 17.9 Å². The van der Waals surface area contributed by atoms with Crippen LogP contribution in [0.5, 0.6) is 0 Å². The number of thioether (sulfide) groups is 1. The lowest BCUT2D eigenvalue weighted by Gasteiger charge is -2.35. The topological polar surface area (TPSA) is 15.3 Å². The van der Waals surface area contributed by atoms with Gasteiger partial charge in [0.1, 0.15) is 0 Å². The van der Waals surface area contributed by atoms with Crippen LogP contribution in [0.2, 0.25) is 0 Å². The van der Waals surface area contributed by atoms with Gasteiger partial charge in [-0.05, 0) is 31.7 Å². The van der Waals surface area contributed by atoms with E-state index in [1.54, 1.807) is 0 Å². The van der Waals surface area contributed by atoms with Crippen molar-refractivity contribution in [3.8, 4) is 0 Å². The zero-order chi connectivity index (χ0) is 10.6. The van der Waals surface area contributed by atoms with Gasteiger partial charge < -0.3 is 10.2 Å². The van der Waals surface area contributed by atoms with Crippen LogP contribution in [0.4, 0.5) is 0 Å². The number of nitrogens with zero attached hydrogens (tertiary/aromatic N) is 1. The zero-order valence-electron chi connectivity index (χ0n) is 9.97. The lowest BCUT2D eigenvalue weighted by molar-refractivity contribution is 0.307. The highest BCUT2D eigenvalue weighted by atomic mass is 32.2. The molecule has 84 valence electrons. The molecule has 1 rings (SSSR count). The van der Waals surface area contributed by atoms with Gasteiger partial charge in [-0.15, -0.1) is 0 Å². The van der Waals surface area contributed by atoms with Gasteiger partial charge in [-0.3, -0.25) is 0 Å². The van der Waals surface area contributed by atoms with Crippen LogP contribution in [0, 0.1) is 5.41 Å². The molecule has 1 N–H and O–H groups in total. The van der Waals surface area contributed by atoms with Crippen molar-refractivity contribution < 1.29 is 0 Å². The zero-order valence-corrected chi connectivity index (χ0v) is 10.8. The molecule has 0 aromatic carbocycles. The highest BCUT2D eigenvalue weighted by Gasteiger charge is 2.27. The number of nitrogens with one attached hydrogen (secondary N) is 1. The summed E-state index contributed by atoms with van der Waals surface area (Å²) in [7, 11) is 4.25. The molecule has 0 saturated carbocycles. The molecule has 0 aromatic heterocycles. The summed E-state index contributed by atoms with van der Waals surface area (Å²) in [6.45, 7) is 7.01. The first-order valence-corrected chi connectivity index (χ1v) is 6.61. The van der Waals surface area contributed by atoms with E-state index < -0.39 is 0 Å². The Morgan fingerprint density at radius 3 is 2.71 bits per heavy atom. The highest BCUT2D eigenvalue weighted by molar-refractivity contribution is 7.99. The van der Waals surface area contributed by atoms with E-state index in [1.807, 2.05) is 0 Å². The SMILES string of the molecule is CN(C)CCNC1CSCC(C)(C)C1. The van der Waals surface area contributed by atoms with Gasteiger partial charge in [-0.1, -0.05) is 13.8 Å². The van der Waals surface area contributed by atoms with E-state index in [0.29, 0.717) is 5.41 Å². The van der Waals surface area contributed by atoms with Gasteiger partial charge in [0.05, 0.1) is 0 Å². The van der Waals surface area contributed by atoms with Gasteiger partial charge in [0.2, 0.25) is 0 Å². The van der Waals surface area contributed by atoms with Crippen LogP contribution in [0.15, 0.2) is 0 Å². The molecule has 1 atom stereocenters. The fraction of sp³-hybridized carbons (Fsp3) is 1.00. The van der Waals surface area contributed by atoms with Gasteiger partial charge in [0, 0.05) is 24.9 Å². The van der Waals surface area contributed by atoms with E-state index >= 15 is 0 Å². The molecule has 1 aliphatic heterocycles. The largest absolute Gasteiger partial charge is 0.312 e. The Morgan fingerprint density at radius 2 is 2.14 bits per heavy atom. The molecule has 1 fully saturated rings. The lowest BCUT2D eigenvalue weighted by Crippen LogP contribution is -2.42. The first-order valence-electron chi connectivity index (χ1n) is 5.45. The monoisotopic (exact) mass is 216 g/mol. The molecule has 2 nitrogen and oxygen atoms in total. The minimum Gasteiger partial charge on any atom is -0.312 e. The third-order valence-electron chi connectivity index (χ3n) is 2.60. The van der Waals surface area contributed by atoms with Crippen LogP contribution in [0.25, 0.3) is 0 Å². The summed E-state index contributed by atoms with van der Waals surface area (Å²) in [6.07, 6.45) is 1.33. The van der Waals surface area contributed by atoms with E-state index in [9.17, 15) is 0 Å². The van der Waals surface area contributed by atoms with Crippen molar-refractivity contribution in [1.82, 2.24) is 10.2 Å². The van der Waals surface area contributed by atoms with Gasteiger partial charge in [-0.2, -0.15) is 11.8 Å². The maximum atomic E-state index is 3.65. The number of hydrogen-bond acceptors (Lipinski definition) is 3. The maximum Gasteiger partial charge on any atom is 0.0164 e. The molecular formula is C11H24N2S. The molecule has 0 aliphatic carbocycles. The minimum absolute atomic E-state index is 0.526. The van der Waals surface area contributed by atoms with Crippen LogP contribution in [0.1, 0.15) is 20.3 Å². The summed E-state index contributed by atoms with van der Waals surface area (Å²) in [6, 6.07) is 0.726. The van der Waals surface area contributed by atoms with Crippen molar-refractivity contribution in [3.63, 3.8) is 0 Å². The number of hydrogen-bond donors (Lipinski definition) is 1. The van der Waals surface area contributed by atoms with Crippen molar-refractivity contribution in [2.45, 2.75) is 26.3 Å². The fourth-order valence-electron chi connectivity index (χ4n) is 1.89. The second kappa shape index (κ2) is 5.38. The third-order valence-corrected chi connectivity index (χ3v) is 4.23. The molecule has 1 heterocycles. The van der Waals surface area contributed by atoms with Crippen molar-refractivity contribution in [1.29, 1.82) is 0 Å². The Morgan fingerprint density at radius 1 is 1.43 bits per heavy atom. The molecule has 0 aromatic rings. The predicted molar refractivity (Wildman–Crippen MR) is 66.1 cm³/mol. The molecule has 0 amide bonds. The van der Waals surface area contributed by atoms with Crippen LogP contribution >= 0.6 is 11.8 Å². The molecule has 0 spiro atoms. The average molecular weight is 216 g/mol. The predicted octanol–water partition coefficient (Wildman–Crippen LogP) is 1.67. The summed E-state index contributed by atoms with van der Waals surface area (Å²) >= 11 is 2.09. The Balaban J connectivity index is 2.18. The van der Waals surface area contributed by atoms with Crippen LogP contribution in [0.3, 0.4) is 0 Å². The Bertz CT molecular complexity index is 169. The lowest BCUT2D eigenvalue weighted by atomic mass is 9.88. The average Bonchev–Trinajstić information content (AvgIpc) is 2.01. The van der Waals surface area contributed by atoms with Crippen molar-refractivity contribution >= 4 is 11.8 Å². The Kier molecular flexibility index (Phi) is 4.74. The van der Waals surface area contributed by atoms with Crippen LogP contribution in [-0.4, -0.2) is 49.6 Å². The van der Waals surface area contributed by atoms with Gasteiger partial charge >= 0.3 is 0 Å². The fourth-order valence-corrected chi connectivity index (χ4v) is 3.19. The molecule has 0 radical (unpaired) electrons. The summed E-state index contributed by atoms with van der Waals surface area (Å²) in [5, 5.41) is 3.65. The smallest absolute Gasteiger partial charge is 0.0164 e. The van der Waals surface area contributed by atoms with E-state index in [-0.39, 0.29) is 0 Å². The second-order valence-corrected chi connectivity index (χ2v) is 6.37. The van der Waals surface area contributed by atoms with Gasteiger partial charge in [0.25, 0.3) is 0 Å². The first-order chi connectivity index (χ1) is 6.49. The second-order valence-electron chi connectivity index (χ2n) is 5.34. The Labute approximate surface area is 92.8 Å². The quantitative estimate of drug-likeness (QED) is 0.769. The van der Waals surface area contributed by atoms with E-state index in [0.717, 1.165) is 19.1 Å². The maximum absolute atomic E-state index is 3.65. The highest BCUT2D eigenvalue weighted by Crippen LogP contribution is 2.33. The molecule has 1 aliphatic rings. The van der Waals surface area contributed by atoms with Crippen molar-refractivity contribution in [3.05, 3.63) is 0 Å². The number of likely N-dealkylation sites (N-methyl/N-ethyl adjacent to an activating group) is 1. The Hall–Kier alpha value is 0.270. The van der Waals surface area contributed by atoms with Crippen LogP contribution < -0.4 is 5.32 Å². The molecule has 1 unspecified atom stereocenters. The summed E-state index contributed by atoms with van der Waals surface area (Å²) in [5.41, 5.74) is 0.526. The van der Waals surface area contributed by atoms with Gasteiger partial charge in [0.15, 0.2) is 0 Å². The van der Waals surface area contributed by atoms with Crippen molar-refractivity contribution in [2.75, 3.05) is 38.7 Å². The molecule has 0 bridgehead atoms. The minimum atomic E-state index is 0.526. The van der Waals surface area contributed by atoms with Crippen LogP contribution in [-0.2, 0) is 0 Å². The standard InChI is InChI=1S/C11H24N2S/c1-11(2)7-10(8-14-9-11)12-5-6-13(3)4/h10,12H,5-9H2,1-4H3. The first kappa shape index (κ1) is 12.3. The van der Waals surface area contributed by atoms with Gasteiger partial charge in [-0.25, -0.2) is 0 Å². The van der Waals surface area contributed by atoms with Crippen molar-refractivity contribution in [2.24, 2.45) is 5.41 Å². The normalized spacial score (nSPS) is 26.8. The summed E-state index contributed by atoms with van der Waals surface area (Å²) < 4.78 is 0. The molecular weight excluding hydrogens is 192 g/mol. The molecule has 1 saturated heterocycles. The van der Waals surface area contributed by atoms with E-state index in [4.69, 9.17) is 0 Å².